The molecule has 0 radical (unpaired) electrons. The van der Waals surface area contributed by atoms with Crippen LogP contribution < -0.4 is 15.0 Å². The Morgan fingerprint density at radius 3 is 2.71 bits per heavy atom. The van der Waals surface area contributed by atoms with Gasteiger partial charge in [0, 0.05) is 22.7 Å². The summed E-state index contributed by atoms with van der Waals surface area (Å²) in [6.07, 6.45) is 1.75. The fraction of sp³-hybridized carbons (Fsp3) is 0.0800. The average molecular weight is 409 g/mol. The van der Waals surface area contributed by atoms with Crippen molar-refractivity contribution in [2.45, 2.75) is 6.61 Å². The lowest BCUT2D eigenvalue weighted by atomic mass is 10.1. The fourth-order valence-corrected chi connectivity index (χ4v) is 3.61. The van der Waals surface area contributed by atoms with Crippen molar-refractivity contribution in [2.75, 3.05) is 7.11 Å². The summed E-state index contributed by atoms with van der Waals surface area (Å²) in [5, 5.41) is 1.57. The molecule has 152 valence electrons. The number of hydrogen-bond acceptors (Lipinski definition) is 5. The molecular formula is C25H19N3O3. The number of nitrogens with one attached hydrogen (secondary N) is 1. The zero-order valence-electron chi connectivity index (χ0n) is 16.8. The molecule has 0 aliphatic heterocycles. The number of rotatable bonds is 5. The smallest absolute Gasteiger partial charge is 0.259 e. The van der Waals surface area contributed by atoms with E-state index in [1.54, 1.807) is 19.4 Å². The molecule has 0 amide bonds. The standard InChI is InChI=1S/C25H19N3O3/c1-30-21-12-11-17(24-27-20-9-3-2-8-19(20)25(29)28-24)14-18(21)15-31-22-10-4-6-16-7-5-13-26-23(16)22/h2-14H,15H2,1H3,(H,27,28,29). The van der Waals surface area contributed by atoms with Gasteiger partial charge in [0.1, 0.15) is 29.4 Å². The van der Waals surface area contributed by atoms with Crippen molar-refractivity contribution in [3.63, 3.8) is 0 Å². The molecule has 0 bridgehead atoms. The van der Waals surface area contributed by atoms with Gasteiger partial charge in [-0.15, -0.1) is 0 Å². The summed E-state index contributed by atoms with van der Waals surface area (Å²) in [6, 6.07) is 22.7. The first-order valence-corrected chi connectivity index (χ1v) is 9.86. The molecule has 6 heteroatoms. The third-order valence-electron chi connectivity index (χ3n) is 5.15. The molecular weight excluding hydrogens is 390 g/mol. The van der Waals surface area contributed by atoms with E-state index in [9.17, 15) is 4.79 Å². The molecule has 2 heterocycles. The van der Waals surface area contributed by atoms with E-state index in [0.717, 1.165) is 22.0 Å². The van der Waals surface area contributed by atoms with Crippen LogP contribution in [0.3, 0.4) is 0 Å². The van der Waals surface area contributed by atoms with Crippen LogP contribution in [0.2, 0.25) is 0 Å². The Hall–Kier alpha value is -4.19. The molecule has 5 aromatic rings. The van der Waals surface area contributed by atoms with Crippen molar-refractivity contribution >= 4 is 21.8 Å². The number of ether oxygens (including phenoxy) is 2. The Balaban J connectivity index is 1.51. The van der Waals surface area contributed by atoms with Crippen LogP contribution in [-0.4, -0.2) is 22.1 Å². The summed E-state index contributed by atoms with van der Waals surface area (Å²) in [5.41, 5.74) is 2.90. The number of nitrogens with zero attached hydrogens (tertiary/aromatic N) is 2. The number of methoxy groups -OCH3 is 1. The van der Waals surface area contributed by atoms with Crippen molar-refractivity contribution in [3.8, 4) is 22.9 Å². The third-order valence-corrected chi connectivity index (χ3v) is 5.15. The Morgan fingerprint density at radius 2 is 1.81 bits per heavy atom. The molecule has 0 unspecified atom stereocenters. The van der Waals surface area contributed by atoms with E-state index in [1.807, 2.05) is 66.7 Å². The van der Waals surface area contributed by atoms with Crippen LogP contribution in [0.4, 0.5) is 0 Å². The Kier molecular flexibility index (Phi) is 4.80. The van der Waals surface area contributed by atoms with Gasteiger partial charge in [-0.2, -0.15) is 0 Å². The highest BCUT2D eigenvalue weighted by Gasteiger charge is 2.11. The van der Waals surface area contributed by atoms with E-state index in [-0.39, 0.29) is 12.2 Å². The molecule has 0 saturated heterocycles. The van der Waals surface area contributed by atoms with Gasteiger partial charge in [0.25, 0.3) is 5.56 Å². The minimum absolute atomic E-state index is 0.170. The van der Waals surface area contributed by atoms with E-state index in [1.165, 1.54) is 0 Å². The number of aromatic nitrogens is 3. The molecule has 0 spiro atoms. The Morgan fingerprint density at radius 1 is 0.935 bits per heavy atom. The molecule has 0 aliphatic carbocycles. The molecule has 6 nitrogen and oxygen atoms in total. The normalized spacial score (nSPS) is 11.0. The molecule has 0 saturated carbocycles. The van der Waals surface area contributed by atoms with Gasteiger partial charge in [0.15, 0.2) is 0 Å². The van der Waals surface area contributed by atoms with Gasteiger partial charge in [-0.25, -0.2) is 4.98 Å². The number of benzene rings is 3. The highest BCUT2D eigenvalue weighted by Crippen LogP contribution is 2.28. The molecule has 2 aromatic heterocycles. The van der Waals surface area contributed by atoms with E-state index in [4.69, 9.17) is 9.47 Å². The van der Waals surface area contributed by atoms with E-state index < -0.39 is 0 Å². The van der Waals surface area contributed by atoms with Crippen LogP contribution in [0.15, 0.2) is 83.8 Å². The highest BCUT2D eigenvalue weighted by molar-refractivity contribution is 5.84. The maximum absolute atomic E-state index is 12.5. The molecule has 0 atom stereocenters. The van der Waals surface area contributed by atoms with Crippen molar-refractivity contribution in [1.82, 2.24) is 15.0 Å². The second-order valence-corrected chi connectivity index (χ2v) is 7.08. The minimum atomic E-state index is -0.170. The zero-order chi connectivity index (χ0) is 21.2. The highest BCUT2D eigenvalue weighted by atomic mass is 16.5. The minimum Gasteiger partial charge on any atom is -0.496 e. The molecule has 31 heavy (non-hydrogen) atoms. The Bertz CT molecular complexity index is 1450. The quantitative estimate of drug-likeness (QED) is 0.454. The lowest BCUT2D eigenvalue weighted by Gasteiger charge is -2.13. The lowest BCUT2D eigenvalue weighted by molar-refractivity contribution is 0.299. The van der Waals surface area contributed by atoms with Gasteiger partial charge in [-0.3, -0.25) is 9.78 Å². The number of H-pyrrole nitrogens is 1. The van der Waals surface area contributed by atoms with Gasteiger partial charge < -0.3 is 14.5 Å². The molecule has 0 fully saturated rings. The predicted molar refractivity (Wildman–Crippen MR) is 120 cm³/mol. The first-order valence-electron chi connectivity index (χ1n) is 9.86. The van der Waals surface area contributed by atoms with Crippen LogP contribution in [0.5, 0.6) is 11.5 Å². The van der Waals surface area contributed by atoms with Gasteiger partial charge >= 0.3 is 0 Å². The number of para-hydroxylation sites is 2. The summed E-state index contributed by atoms with van der Waals surface area (Å²) in [6.45, 7) is 0.282. The lowest BCUT2D eigenvalue weighted by Crippen LogP contribution is -2.09. The first kappa shape index (κ1) is 18.8. The zero-order valence-corrected chi connectivity index (χ0v) is 16.8. The van der Waals surface area contributed by atoms with E-state index in [0.29, 0.717) is 28.2 Å². The fourth-order valence-electron chi connectivity index (χ4n) is 3.61. The third kappa shape index (κ3) is 3.59. The first-order chi connectivity index (χ1) is 15.2. The molecule has 5 rings (SSSR count). The number of aromatic amines is 1. The van der Waals surface area contributed by atoms with E-state index in [2.05, 4.69) is 15.0 Å². The largest absolute Gasteiger partial charge is 0.496 e. The maximum atomic E-state index is 12.5. The van der Waals surface area contributed by atoms with Crippen LogP contribution in [0.1, 0.15) is 5.56 Å². The molecule has 1 N–H and O–H groups in total. The summed E-state index contributed by atoms with van der Waals surface area (Å²) in [5.74, 6) is 1.89. The molecule has 0 aliphatic rings. The van der Waals surface area contributed by atoms with E-state index >= 15 is 0 Å². The van der Waals surface area contributed by atoms with Crippen molar-refractivity contribution < 1.29 is 9.47 Å². The number of hydrogen-bond donors (Lipinski definition) is 1. The second-order valence-electron chi connectivity index (χ2n) is 7.08. The van der Waals surface area contributed by atoms with Gasteiger partial charge in [0.2, 0.25) is 0 Å². The summed E-state index contributed by atoms with van der Waals surface area (Å²) in [7, 11) is 1.62. The van der Waals surface area contributed by atoms with Gasteiger partial charge in [-0.1, -0.05) is 30.3 Å². The SMILES string of the molecule is COc1ccc(-c2nc3ccccc3c(=O)[nH]2)cc1COc1cccc2cccnc12. The summed E-state index contributed by atoms with van der Waals surface area (Å²) < 4.78 is 11.6. The number of pyridine rings is 1. The maximum Gasteiger partial charge on any atom is 0.259 e. The van der Waals surface area contributed by atoms with Crippen molar-refractivity contribution in [3.05, 3.63) is 94.9 Å². The Labute approximate surface area is 178 Å². The van der Waals surface area contributed by atoms with Crippen molar-refractivity contribution in [1.29, 1.82) is 0 Å². The number of fused-ring (bicyclic) bond motifs is 2. The second kappa shape index (κ2) is 7.91. The van der Waals surface area contributed by atoms with Crippen molar-refractivity contribution in [2.24, 2.45) is 0 Å². The van der Waals surface area contributed by atoms with Crippen LogP contribution in [0.25, 0.3) is 33.2 Å². The topological polar surface area (TPSA) is 77.1 Å². The monoisotopic (exact) mass is 409 g/mol. The average Bonchev–Trinajstić information content (AvgIpc) is 2.82. The summed E-state index contributed by atoms with van der Waals surface area (Å²) >= 11 is 0. The van der Waals surface area contributed by atoms with Crippen LogP contribution >= 0.6 is 0 Å². The molecule has 3 aromatic carbocycles. The predicted octanol–water partition coefficient (Wildman–Crippen LogP) is 4.73. The van der Waals surface area contributed by atoms with Crippen LogP contribution in [-0.2, 0) is 6.61 Å². The summed E-state index contributed by atoms with van der Waals surface area (Å²) in [4.78, 5) is 24.4. The van der Waals surface area contributed by atoms with Gasteiger partial charge in [-0.05, 0) is 42.5 Å². The van der Waals surface area contributed by atoms with Crippen LogP contribution in [0, 0.1) is 0 Å². The van der Waals surface area contributed by atoms with Gasteiger partial charge in [0.05, 0.1) is 18.0 Å².